The number of nitrogens with zero attached hydrogens (tertiary/aromatic N) is 2. The van der Waals surface area contributed by atoms with Gasteiger partial charge in [0.05, 0.1) is 0 Å². The summed E-state index contributed by atoms with van der Waals surface area (Å²) in [5.41, 5.74) is 0.351. The number of carbonyl (C=O) groups excluding carboxylic acids is 1. The van der Waals surface area contributed by atoms with Gasteiger partial charge < -0.3 is 10.4 Å². The van der Waals surface area contributed by atoms with Crippen LogP contribution in [0.15, 0.2) is 17.2 Å². The Morgan fingerprint density at radius 2 is 2.09 bits per heavy atom. The zero-order chi connectivity index (χ0) is 16.3. The second-order valence-corrected chi connectivity index (χ2v) is 4.94. The Bertz CT molecular complexity index is 758. The molecule has 0 aliphatic rings. The van der Waals surface area contributed by atoms with Gasteiger partial charge in [-0.2, -0.15) is 0 Å². The summed E-state index contributed by atoms with van der Waals surface area (Å²) in [6.45, 7) is 3.49. The molecule has 0 atom stereocenters. The monoisotopic (exact) mass is 306 g/mol. The van der Waals surface area contributed by atoms with Crippen LogP contribution in [0.3, 0.4) is 0 Å². The predicted molar refractivity (Wildman–Crippen MR) is 79.1 cm³/mol. The van der Waals surface area contributed by atoms with Crippen LogP contribution in [-0.2, 0) is 4.79 Å². The number of aromatic nitrogens is 3. The van der Waals surface area contributed by atoms with Crippen LogP contribution in [-0.4, -0.2) is 38.1 Å². The maximum Gasteiger partial charge on any atom is 0.322 e. The van der Waals surface area contributed by atoms with Gasteiger partial charge in [0.1, 0.15) is 18.4 Å². The number of aromatic amines is 1. The number of hydrogen-bond acceptors (Lipinski definition) is 4. The van der Waals surface area contributed by atoms with E-state index in [1.165, 1.54) is 12.4 Å². The molecule has 22 heavy (non-hydrogen) atoms. The predicted octanol–water partition coefficient (Wildman–Crippen LogP) is 0.741. The molecule has 0 spiro atoms. The molecule has 0 aliphatic carbocycles. The van der Waals surface area contributed by atoms with Crippen molar-refractivity contribution in [1.82, 2.24) is 19.9 Å². The maximum absolute atomic E-state index is 12.3. The van der Waals surface area contributed by atoms with Crippen molar-refractivity contribution in [2.75, 3.05) is 6.54 Å². The van der Waals surface area contributed by atoms with Gasteiger partial charge in [-0.05, 0) is 12.8 Å². The molecule has 118 valence electrons. The molecule has 2 heterocycles. The highest BCUT2D eigenvalue weighted by Crippen LogP contribution is 2.22. The van der Waals surface area contributed by atoms with Crippen LogP contribution >= 0.6 is 0 Å². The Balaban J connectivity index is 2.54. The topological polar surface area (TPSA) is 117 Å². The van der Waals surface area contributed by atoms with Gasteiger partial charge in [0.2, 0.25) is 0 Å². The minimum Gasteiger partial charge on any atom is -0.480 e. The average molecular weight is 306 g/mol. The number of carboxylic acids is 1. The lowest BCUT2D eigenvalue weighted by Gasteiger charge is -2.15. The standard InChI is InChI=1S/C14H18N4O4/c1-3-8(4-2)9-5-10(19)12(13-16-7-17-18(9)13)14(22)15-6-11(20)21/h5,7-8H,3-4,6H2,1-2H3,(H,15,22)(H,16,17)(H,20,21). The Morgan fingerprint density at radius 1 is 1.41 bits per heavy atom. The number of carboxylic acid groups (broad SMARTS) is 1. The lowest BCUT2D eigenvalue weighted by molar-refractivity contribution is -0.135. The molecule has 2 aromatic rings. The van der Waals surface area contributed by atoms with Crippen molar-refractivity contribution in [1.29, 1.82) is 0 Å². The van der Waals surface area contributed by atoms with E-state index in [4.69, 9.17) is 5.11 Å². The molecular formula is C14H18N4O4. The molecule has 8 nitrogen and oxygen atoms in total. The number of fused-ring (bicyclic) bond motifs is 1. The van der Waals surface area contributed by atoms with Crippen LogP contribution < -0.4 is 10.7 Å². The number of carbonyl (C=O) groups is 2. The molecule has 0 saturated heterocycles. The number of amides is 1. The van der Waals surface area contributed by atoms with Gasteiger partial charge in [0.15, 0.2) is 11.1 Å². The fourth-order valence-electron chi connectivity index (χ4n) is 2.49. The summed E-state index contributed by atoms with van der Waals surface area (Å²) in [5.74, 6) is -1.76. The number of H-pyrrole nitrogens is 1. The van der Waals surface area contributed by atoms with Gasteiger partial charge in [0.25, 0.3) is 5.91 Å². The molecule has 0 aliphatic heterocycles. The van der Waals surface area contributed by atoms with E-state index in [9.17, 15) is 14.4 Å². The quantitative estimate of drug-likeness (QED) is 0.728. The number of pyridine rings is 1. The van der Waals surface area contributed by atoms with Crippen LogP contribution in [0.25, 0.3) is 5.65 Å². The third kappa shape index (κ3) is 2.85. The molecule has 0 unspecified atom stereocenters. The summed E-state index contributed by atoms with van der Waals surface area (Å²) in [7, 11) is 0. The van der Waals surface area contributed by atoms with Crippen molar-refractivity contribution in [2.24, 2.45) is 0 Å². The van der Waals surface area contributed by atoms with Gasteiger partial charge in [-0.25, -0.2) is 9.50 Å². The Kier molecular flexibility index (Phi) is 4.59. The molecule has 0 saturated carbocycles. The van der Waals surface area contributed by atoms with Crippen molar-refractivity contribution >= 4 is 17.5 Å². The zero-order valence-electron chi connectivity index (χ0n) is 12.4. The molecule has 2 aromatic heterocycles. The second kappa shape index (κ2) is 6.42. The highest BCUT2D eigenvalue weighted by atomic mass is 16.4. The molecular weight excluding hydrogens is 288 g/mol. The maximum atomic E-state index is 12.3. The minimum atomic E-state index is -1.18. The van der Waals surface area contributed by atoms with Gasteiger partial charge in [-0.15, -0.1) is 0 Å². The Morgan fingerprint density at radius 3 is 2.68 bits per heavy atom. The van der Waals surface area contributed by atoms with Crippen molar-refractivity contribution < 1.29 is 14.7 Å². The fourth-order valence-corrected chi connectivity index (χ4v) is 2.49. The zero-order valence-corrected chi connectivity index (χ0v) is 12.4. The third-order valence-corrected chi connectivity index (χ3v) is 3.62. The molecule has 0 aromatic carbocycles. The lowest BCUT2D eigenvalue weighted by atomic mass is 9.98. The first kappa shape index (κ1) is 15.7. The Hall–Kier alpha value is -2.64. The molecule has 8 heteroatoms. The fraction of sp³-hybridized carbons (Fsp3) is 0.429. The smallest absolute Gasteiger partial charge is 0.322 e. The second-order valence-electron chi connectivity index (χ2n) is 4.94. The van der Waals surface area contributed by atoms with Crippen molar-refractivity contribution in [2.45, 2.75) is 32.6 Å². The molecule has 0 bridgehead atoms. The SMILES string of the molecule is CCC(CC)c1cc(=O)c(C(=O)NCC(=O)O)c2nc[nH]n12. The third-order valence-electron chi connectivity index (χ3n) is 3.62. The van der Waals surface area contributed by atoms with E-state index in [0.717, 1.165) is 18.5 Å². The average Bonchev–Trinajstić information content (AvgIpc) is 2.95. The summed E-state index contributed by atoms with van der Waals surface area (Å²) in [6, 6.07) is 1.42. The molecule has 0 fully saturated rings. The van der Waals surface area contributed by atoms with Crippen LogP contribution in [0.2, 0.25) is 0 Å². The molecule has 0 radical (unpaired) electrons. The number of nitrogens with one attached hydrogen (secondary N) is 2. The van der Waals surface area contributed by atoms with Crippen LogP contribution in [0.4, 0.5) is 0 Å². The molecule has 3 N–H and O–H groups in total. The van der Waals surface area contributed by atoms with Crippen molar-refractivity contribution in [3.05, 3.63) is 33.9 Å². The number of aliphatic carboxylic acids is 1. The first-order valence-corrected chi connectivity index (χ1v) is 7.08. The van der Waals surface area contributed by atoms with Gasteiger partial charge in [0, 0.05) is 17.7 Å². The van der Waals surface area contributed by atoms with E-state index >= 15 is 0 Å². The van der Waals surface area contributed by atoms with Crippen molar-refractivity contribution in [3.8, 4) is 0 Å². The van der Waals surface area contributed by atoms with Gasteiger partial charge >= 0.3 is 5.97 Å². The lowest BCUT2D eigenvalue weighted by Crippen LogP contribution is -2.33. The minimum absolute atomic E-state index is 0.155. The summed E-state index contributed by atoms with van der Waals surface area (Å²) < 4.78 is 1.61. The summed E-state index contributed by atoms with van der Waals surface area (Å²) >= 11 is 0. The molecule has 1 amide bonds. The van der Waals surface area contributed by atoms with E-state index in [2.05, 4.69) is 15.4 Å². The van der Waals surface area contributed by atoms with Crippen LogP contribution in [0.1, 0.15) is 48.7 Å². The Labute approximate surface area is 126 Å². The highest BCUT2D eigenvalue weighted by molar-refractivity contribution is 6.00. The van der Waals surface area contributed by atoms with Crippen molar-refractivity contribution in [3.63, 3.8) is 0 Å². The van der Waals surface area contributed by atoms with E-state index in [1.54, 1.807) is 4.52 Å². The van der Waals surface area contributed by atoms with E-state index < -0.39 is 23.9 Å². The highest BCUT2D eigenvalue weighted by Gasteiger charge is 2.21. The number of hydrogen-bond donors (Lipinski definition) is 3. The van der Waals surface area contributed by atoms with Gasteiger partial charge in [-0.1, -0.05) is 13.8 Å². The first-order chi connectivity index (χ1) is 10.5. The number of rotatable bonds is 6. The van der Waals surface area contributed by atoms with Crippen LogP contribution in [0.5, 0.6) is 0 Å². The van der Waals surface area contributed by atoms with E-state index in [1.807, 2.05) is 13.8 Å². The normalized spacial score (nSPS) is 11.0. The largest absolute Gasteiger partial charge is 0.480 e. The summed E-state index contributed by atoms with van der Waals surface area (Å²) in [4.78, 5) is 38.9. The molecule has 2 rings (SSSR count). The summed E-state index contributed by atoms with van der Waals surface area (Å²) in [6.07, 6.45) is 3.10. The van der Waals surface area contributed by atoms with E-state index in [-0.39, 0.29) is 17.1 Å². The van der Waals surface area contributed by atoms with Gasteiger partial charge in [-0.3, -0.25) is 19.5 Å². The van der Waals surface area contributed by atoms with Crippen LogP contribution in [0, 0.1) is 0 Å². The first-order valence-electron chi connectivity index (χ1n) is 7.08. The summed E-state index contributed by atoms with van der Waals surface area (Å²) in [5, 5.41) is 13.7. The van der Waals surface area contributed by atoms with E-state index in [0.29, 0.717) is 0 Å².